The van der Waals surface area contributed by atoms with E-state index in [0.29, 0.717) is 23.9 Å². The lowest BCUT2D eigenvalue weighted by Crippen LogP contribution is -2.32. The van der Waals surface area contributed by atoms with Crippen molar-refractivity contribution in [2.75, 3.05) is 0 Å². The van der Waals surface area contributed by atoms with Crippen molar-refractivity contribution in [2.45, 2.75) is 49.9 Å². The predicted octanol–water partition coefficient (Wildman–Crippen LogP) is 2.21. The fraction of sp³-hybridized carbons (Fsp3) is 1.00. The molecule has 0 radical (unpaired) electrons. The van der Waals surface area contributed by atoms with E-state index in [1.54, 1.807) is 0 Å². The summed E-state index contributed by atoms with van der Waals surface area (Å²) in [4.78, 5) is 0. The summed E-state index contributed by atoms with van der Waals surface area (Å²) in [5.41, 5.74) is 0.189. The van der Waals surface area contributed by atoms with Crippen LogP contribution in [-0.2, 0) is 0 Å². The number of rotatable bonds is 0. The van der Waals surface area contributed by atoms with Crippen molar-refractivity contribution in [1.29, 1.82) is 0 Å². The summed E-state index contributed by atoms with van der Waals surface area (Å²) in [6.07, 6.45) is 2.14. The molecule has 2 saturated carbocycles. The Morgan fingerprint density at radius 3 is 1.71 bits per heavy atom. The van der Waals surface area contributed by atoms with E-state index in [1.807, 2.05) is 0 Å². The Hall–Kier alpha value is -0.800. The van der Waals surface area contributed by atoms with Crippen molar-refractivity contribution < 1.29 is 0 Å². The molecule has 2 aliphatic carbocycles. The van der Waals surface area contributed by atoms with Gasteiger partial charge in [-0.15, -0.1) is 0 Å². The predicted molar refractivity (Wildman–Crippen MR) is 50.3 cm³/mol. The molecule has 0 aromatic rings. The monoisotopic (exact) mass is 190 g/mol. The number of nitrogens with zero attached hydrogens (tertiary/aromatic N) is 4. The largest absolute Gasteiger partial charge is 0.190 e. The zero-order valence-electron chi connectivity index (χ0n) is 8.51. The van der Waals surface area contributed by atoms with Gasteiger partial charge in [-0.3, -0.25) is 0 Å². The summed E-state index contributed by atoms with van der Waals surface area (Å²) >= 11 is 0. The van der Waals surface area contributed by atoms with Gasteiger partial charge < -0.3 is 0 Å². The molecule has 4 nitrogen and oxygen atoms in total. The van der Waals surface area contributed by atoms with Crippen molar-refractivity contribution in [2.24, 2.45) is 32.3 Å². The molecule has 6 atom stereocenters. The van der Waals surface area contributed by atoms with Crippen LogP contribution in [0.5, 0.6) is 0 Å². The van der Waals surface area contributed by atoms with Crippen LogP contribution in [0.4, 0.5) is 0 Å². The minimum absolute atomic E-state index is 0.0944. The highest BCUT2D eigenvalue weighted by Crippen LogP contribution is 2.63. The Bertz CT molecular complexity index is 340. The zero-order chi connectivity index (χ0) is 9.55. The van der Waals surface area contributed by atoms with Crippen molar-refractivity contribution in [3.63, 3.8) is 0 Å². The third kappa shape index (κ3) is 0.570. The quantitative estimate of drug-likeness (QED) is 0.562. The van der Waals surface area contributed by atoms with E-state index in [4.69, 9.17) is 0 Å². The van der Waals surface area contributed by atoms with E-state index >= 15 is 0 Å². The maximum absolute atomic E-state index is 4.49. The van der Waals surface area contributed by atoms with Crippen LogP contribution in [-0.4, -0.2) is 23.2 Å². The van der Waals surface area contributed by atoms with E-state index in [2.05, 4.69) is 34.3 Å². The fourth-order valence-corrected chi connectivity index (χ4v) is 4.31. The van der Waals surface area contributed by atoms with Gasteiger partial charge in [0.15, 0.2) is 0 Å². The Labute approximate surface area is 82.9 Å². The van der Waals surface area contributed by atoms with Crippen LogP contribution >= 0.6 is 0 Å². The van der Waals surface area contributed by atoms with Crippen LogP contribution < -0.4 is 0 Å². The normalized spacial score (nSPS) is 66.7. The summed E-state index contributed by atoms with van der Waals surface area (Å²) in [6.45, 7) is 4.50. The highest BCUT2D eigenvalue weighted by Gasteiger charge is 2.69. The van der Waals surface area contributed by atoms with Crippen LogP contribution in [0.2, 0.25) is 0 Å². The molecular formula is C10H14N4. The molecule has 4 rings (SSSR count). The van der Waals surface area contributed by atoms with Gasteiger partial charge in [0.1, 0.15) is 0 Å². The number of hydrogen-bond acceptors (Lipinski definition) is 4. The lowest BCUT2D eigenvalue weighted by molar-refractivity contribution is 0.301. The number of hydrogen-bond donors (Lipinski definition) is 0. The molecule has 0 unspecified atom stereocenters. The smallest absolute Gasteiger partial charge is 0.0862 e. The Kier molecular flexibility index (Phi) is 0.960. The molecule has 0 aromatic carbocycles. The van der Waals surface area contributed by atoms with E-state index < -0.39 is 0 Å². The maximum atomic E-state index is 4.49. The SMILES string of the molecule is C[C@]12C[C@@H]3N=N[C@]4(C)C[C@H](N=N1)[C@H]2[C@H]34. The molecule has 14 heavy (non-hydrogen) atoms. The van der Waals surface area contributed by atoms with Crippen LogP contribution in [0, 0.1) is 11.8 Å². The van der Waals surface area contributed by atoms with Gasteiger partial charge in [0.25, 0.3) is 0 Å². The standard InChI is InChI=1S/C10H14N4/c1-9-3-5-8-7(9)6(11-13-9)4-10(8,2)14-12-5/h5-8H,3-4H2,1-2H3/t5-,6-,7-,8-,9+,10+/m0/s1. The first-order valence-corrected chi connectivity index (χ1v) is 5.46. The van der Waals surface area contributed by atoms with E-state index in [-0.39, 0.29) is 11.1 Å². The second kappa shape index (κ2) is 1.79. The van der Waals surface area contributed by atoms with Crippen molar-refractivity contribution >= 4 is 0 Å². The molecule has 4 aliphatic rings. The highest BCUT2D eigenvalue weighted by molar-refractivity contribution is 5.25. The van der Waals surface area contributed by atoms with E-state index in [0.717, 1.165) is 12.8 Å². The lowest BCUT2D eigenvalue weighted by atomic mass is 9.83. The minimum Gasteiger partial charge on any atom is -0.190 e. The van der Waals surface area contributed by atoms with Crippen LogP contribution in [0.25, 0.3) is 0 Å². The highest BCUT2D eigenvalue weighted by atomic mass is 15.3. The summed E-state index contributed by atoms with van der Waals surface area (Å²) in [5, 5.41) is 17.8. The van der Waals surface area contributed by atoms with Gasteiger partial charge in [-0.1, -0.05) is 0 Å². The van der Waals surface area contributed by atoms with Crippen LogP contribution in [0.1, 0.15) is 26.7 Å². The summed E-state index contributed by atoms with van der Waals surface area (Å²) in [5.74, 6) is 1.26. The molecule has 74 valence electrons. The molecule has 0 N–H and O–H groups in total. The van der Waals surface area contributed by atoms with Crippen molar-refractivity contribution in [1.82, 2.24) is 0 Å². The van der Waals surface area contributed by atoms with Crippen LogP contribution in [0.3, 0.4) is 0 Å². The third-order valence-corrected chi connectivity index (χ3v) is 4.77. The first-order valence-electron chi connectivity index (χ1n) is 5.46. The van der Waals surface area contributed by atoms with Gasteiger partial charge in [-0.25, -0.2) is 0 Å². The summed E-state index contributed by atoms with van der Waals surface area (Å²) in [6, 6.07) is 0.887. The third-order valence-electron chi connectivity index (χ3n) is 4.77. The molecule has 4 heteroatoms. The molecule has 2 aliphatic heterocycles. The molecule has 2 heterocycles. The Balaban J connectivity index is 1.93. The van der Waals surface area contributed by atoms with Gasteiger partial charge in [0, 0.05) is 11.8 Å². The molecule has 0 spiro atoms. The van der Waals surface area contributed by atoms with Gasteiger partial charge in [0.2, 0.25) is 0 Å². The maximum Gasteiger partial charge on any atom is 0.0862 e. The summed E-state index contributed by atoms with van der Waals surface area (Å²) < 4.78 is 0. The molecule has 0 bridgehead atoms. The van der Waals surface area contributed by atoms with Gasteiger partial charge >= 0.3 is 0 Å². The summed E-state index contributed by atoms with van der Waals surface area (Å²) in [7, 11) is 0. The fourth-order valence-electron chi connectivity index (χ4n) is 4.31. The zero-order valence-corrected chi connectivity index (χ0v) is 8.51. The Morgan fingerprint density at radius 1 is 0.857 bits per heavy atom. The molecule has 0 saturated heterocycles. The van der Waals surface area contributed by atoms with Gasteiger partial charge in [-0.2, -0.15) is 20.5 Å². The second-order valence-electron chi connectivity index (χ2n) is 5.74. The van der Waals surface area contributed by atoms with Gasteiger partial charge in [0.05, 0.1) is 23.2 Å². The van der Waals surface area contributed by atoms with E-state index in [1.165, 1.54) is 0 Å². The molecular weight excluding hydrogens is 176 g/mol. The number of azo groups is 2. The average molecular weight is 190 g/mol. The van der Waals surface area contributed by atoms with Crippen LogP contribution in [0.15, 0.2) is 20.5 Å². The topological polar surface area (TPSA) is 49.4 Å². The average Bonchev–Trinajstić information content (AvgIpc) is 2.72. The van der Waals surface area contributed by atoms with Crippen molar-refractivity contribution in [3.8, 4) is 0 Å². The first-order chi connectivity index (χ1) is 6.62. The molecule has 0 aromatic heterocycles. The molecule has 0 amide bonds. The van der Waals surface area contributed by atoms with Gasteiger partial charge in [-0.05, 0) is 26.7 Å². The van der Waals surface area contributed by atoms with Crippen molar-refractivity contribution in [3.05, 3.63) is 0 Å². The lowest BCUT2D eigenvalue weighted by Gasteiger charge is -2.23. The molecule has 2 fully saturated rings. The first kappa shape index (κ1) is 7.49. The minimum atomic E-state index is 0.0944. The Morgan fingerprint density at radius 2 is 1.29 bits per heavy atom. The second-order valence-corrected chi connectivity index (χ2v) is 5.74. The van der Waals surface area contributed by atoms with E-state index in [9.17, 15) is 0 Å².